The lowest BCUT2D eigenvalue weighted by Crippen LogP contribution is -2.43. The molecule has 1 atom stereocenters. The summed E-state index contributed by atoms with van der Waals surface area (Å²) in [7, 11) is 0. The van der Waals surface area contributed by atoms with Crippen molar-refractivity contribution in [3.05, 3.63) is 114 Å². The van der Waals surface area contributed by atoms with Gasteiger partial charge >= 0.3 is 0 Å². The Morgan fingerprint density at radius 3 is 2.42 bits per heavy atom. The van der Waals surface area contributed by atoms with E-state index < -0.39 is 23.6 Å². The first-order valence-electron chi connectivity index (χ1n) is 12.1. The lowest BCUT2D eigenvalue weighted by Gasteiger charge is -2.19. The van der Waals surface area contributed by atoms with E-state index in [1.54, 1.807) is 24.4 Å². The summed E-state index contributed by atoms with van der Waals surface area (Å²) in [5.41, 5.74) is 7.43. The van der Waals surface area contributed by atoms with E-state index in [0.717, 1.165) is 33.9 Å². The third kappa shape index (κ3) is 5.34. The molecule has 0 radical (unpaired) electrons. The van der Waals surface area contributed by atoms with Crippen molar-refractivity contribution < 1.29 is 18.4 Å². The quantitative estimate of drug-likeness (QED) is 0.300. The fourth-order valence-electron chi connectivity index (χ4n) is 4.52. The number of nitrogens with two attached hydrogens (primary N) is 1. The predicted molar refractivity (Wildman–Crippen MR) is 143 cm³/mol. The smallest absolute Gasteiger partial charge is 0.271 e. The summed E-state index contributed by atoms with van der Waals surface area (Å²) in [5, 5.41) is 6.02. The number of benzene rings is 3. The van der Waals surface area contributed by atoms with Crippen molar-refractivity contribution in [2.45, 2.75) is 25.3 Å². The fourth-order valence-corrected chi connectivity index (χ4v) is 4.52. The van der Waals surface area contributed by atoms with Crippen LogP contribution in [0.3, 0.4) is 0 Å². The monoisotopic (exact) mass is 510 g/mol. The van der Waals surface area contributed by atoms with E-state index in [0.29, 0.717) is 23.2 Å². The Hall–Kier alpha value is -4.72. The van der Waals surface area contributed by atoms with Gasteiger partial charge in [0.2, 0.25) is 0 Å². The molecule has 2 aromatic heterocycles. The third-order valence-electron chi connectivity index (χ3n) is 6.53. The number of pyridine rings is 2. The zero-order valence-corrected chi connectivity index (χ0v) is 20.3. The van der Waals surface area contributed by atoms with Crippen LogP contribution in [0.25, 0.3) is 21.5 Å². The minimum absolute atomic E-state index is 0.00641. The predicted octanol–water partition coefficient (Wildman–Crippen LogP) is 5.19. The van der Waals surface area contributed by atoms with Crippen molar-refractivity contribution in [3.63, 3.8) is 0 Å². The van der Waals surface area contributed by atoms with Gasteiger partial charge in [-0.3, -0.25) is 14.6 Å². The SMILES string of the molecule is Nc1nccc2cc(CCC(=O)[C@H](Cc3ccc(F)c(F)c3)NC(=O)c3nccc4ccccc34)ccc12. The van der Waals surface area contributed by atoms with Crippen LogP contribution in [-0.2, 0) is 17.6 Å². The average molecular weight is 511 g/mol. The highest BCUT2D eigenvalue weighted by Crippen LogP contribution is 2.22. The van der Waals surface area contributed by atoms with Gasteiger partial charge in [0.25, 0.3) is 5.91 Å². The van der Waals surface area contributed by atoms with Crippen LogP contribution in [0.4, 0.5) is 14.6 Å². The van der Waals surface area contributed by atoms with Crippen LogP contribution >= 0.6 is 0 Å². The molecule has 1 amide bonds. The van der Waals surface area contributed by atoms with Gasteiger partial charge in [-0.25, -0.2) is 13.8 Å². The summed E-state index contributed by atoms with van der Waals surface area (Å²) in [6.07, 6.45) is 3.72. The Bertz CT molecular complexity index is 1670. The number of ketones is 1. The average Bonchev–Trinajstić information content (AvgIpc) is 2.93. The Morgan fingerprint density at radius 1 is 0.816 bits per heavy atom. The van der Waals surface area contributed by atoms with Gasteiger partial charge in [-0.15, -0.1) is 0 Å². The van der Waals surface area contributed by atoms with E-state index in [9.17, 15) is 18.4 Å². The molecular weight excluding hydrogens is 486 g/mol. The molecule has 5 aromatic rings. The van der Waals surface area contributed by atoms with Crippen LogP contribution in [0.15, 0.2) is 85.2 Å². The molecule has 3 aromatic carbocycles. The first-order valence-corrected chi connectivity index (χ1v) is 12.1. The summed E-state index contributed by atoms with van der Waals surface area (Å²) in [6, 6.07) is 19.1. The summed E-state index contributed by atoms with van der Waals surface area (Å²) in [5.74, 6) is -2.32. The number of aryl methyl sites for hydroxylation is 1. The highest BCUT2D eigenvalue weighted by atomic mass is 19.2. The van der Waals surface area contributed by atoms with Gasteiger partial charge in [0.1, 0.15) is 11.5 Å². The van der Waals surface area contributed by atoms with E-state index in [1.165, 1.54) is 12.3 Å². The molecule has 0 bridgehead atoms. The van der Waals surface area contributed by atoms with Crippen LogP contribution < -0.4 is 11.1 Å². The Balaban J connectivity index is 1.38. The second-order valence-electron chi connectivity index (χ2n) is 9.08. The number of nitrogens with zero attached hydrogens (tertiary/aromatic N) is 2. The standard InChI is InChI=1S/C30H24F2N4O2/c31-24-9-6-19(16-25(24)32)17-26(36-30(38)28-22-4-2-1-3-20(22)11-13-34-28)27(37)10-7-18-5-8-23-21(15-18)12-14-35-29(23)33/h1-6,8-9,11-16,26H,7,10,17H2,(H2,33,35)(H,36,38)/t26-/m0/s1. The van der Waals surface area contributed by atoms with Gasteiger partial charge in [0.15, 0.2) is 17.4 Å². The number of aromatic nitrogens is 2. The van der Waals surface area contributed by atoms with Gasteiger partial charge in [0.05, 0.1) is 6.04 Å². The molecule has 0 fully saturated rings. The highest BCUT2D eigenvalue weighted by Gasteiger charge is 2.24. The fraction of sp³-hybridized carbons (Fsp3) is 0.133. The molecule has 6 nitrogen and oxygen atoms in total. The number of anilines is 1. The van der Waals surface area contributed by atoms with Crippen LogP contribution in [0, 0.1) is 11.6 Å². The molecule has 5 rings (SSSR count). The zero-order chi connectivity index (χ0) is 26.6. The number of carbonyl (C=O) groups is 2. The molecule has 2 heterocycles. The largest absolute Gasteiger partial charge is 0.383 e. The van der Waals surface area contributed by atoms with Crippen molar-refractivity contribution in [1.82, 2.24) is 15.3 Å². The number of rotatable bonds is 8. The highest BCUT2D eigenvalue weighted by molar-refractivity contribution is 6.06. The maximum Gasteiger partial charge on any atom is 0.271 e. The molecule has 0 aliphatic rings. The lowest BCUT2D eigenvalue weighted by atomic mass is 9.96. The molecule has 0 aliphatic carbocycles. The van der Waals surface area contributed by atoms with E-state index in [1.807, 2.05) is 36.4 Å². The number of nitrogen functional groups attached to an aromatic ring is 1. The van der Waals surface area contributed by atoms with Gasteiger partial charge in [-0.2, -0.15) is 0 Å². The Kier molecular flexibility index (Phi) is 7.04. The first-order chi connectivity index (χ1) is 18.4. The molecule has 0 unspecified atom stereocenters. The summed E-state index contributed by atoms with van der Waals surface area (Å²) < 4.78 is 27.4. The minimum atomic E-state index is -1.01. The normalized spacial score (nSPS) is 11.9. The second kappa shape index (κ2) is 10.7. The van der Waals surface area contributed by atoms with Crippen molar-refractivity contribution >= 4 is 39.1 Å². The van der Waals surface area contributed by atoms with Gasteiger partial charge in [0, 0.05) is 29.6 Å². The van der Waals surface area contributed by atoms with E-state index >= 15 is 0 Å². The first kappa shape index (κ1) is 25.0. The number of hydrogen-bond acceptors (Lipinski definition) is 5. The molecule has 190 valence electrons. The van der Waals surface area contributed by atoms with Gasteiger partial charge in [-0.05, 0) is 59.0 Å². The van der Waals surface area contributed by atoms with Crippen LogP contribution in [0.1, 0.15) is 28.0 Å². The van der Waals surface area contributed by atoms with Crippen molar-refractivity contribution in [1.29, 1.82) is 0 Å². The van der Waals surface area contributed by atoms with Crippen LogP contribution in [0.2, 0.25) is 0 Å². The number of amides is 1. The summed E-state index contributed by atoms with van der Waals surface area (Å²) in [4.78, 5) is 35.0. The summed E-state index contributed by atoms with van der Waals surface area (Å²) in [6.45, 7) is 0. The Labute approximate surface area is 217 Å². The van der Waals surface area contributed by atoms with E-state index in [-0.39, 0.29) is 24.3 Å². The Morgan fingerprint density at radius 2 is 1.58 bits per heavy atom. The minimum Gasteiger partial charge on any atom is -0.383 e. The molecule has 8 heteroatoms. The van der Waals surface area contributed by atoms with Gasteiger partial charge in [-0.1, -0.05) is 48.5 Å². The molecular formula is C30H24F2N4O2. The number of fused-ring (bicyclic) bond motifs is 2. The molecule has 38 heavy (non-hydrogen) atoms. The van der Waals surface area contributed by atoms with E-state index in [2.05, 4.69) is 15.3 Å². The lowest BCUT2D eigenvalue weighted by molar-refractivity contribution is -0.120. The molecule has 0 saturated heterocycles. The molecule has 0 saturated carbocycles. The molecule has 0 spiro atoms. The third-order valence-corrected chi connectivity index (χ3v) is 6.53. The number of nitrogens with one attached hydrogen (secondary N) is 1. The number of carbonyl (C=O) groups excluding carboxylic acids is 2. The topological polar surface area (TPSA) is 98.0 Å². The molecule has 3 N–H and O–H groups in total. The number of hydrogen-bond donors (Lipinski definition) is 2. The number of Topliss-reactive ketones (excluding diaryl/α,β-unsaturated/α-hetero) is 1. The maximum atomic E-state index is 13.9. The second-order valence-corrected chi connectivity index (χ2v) is 9.08. The maximum absolute atomic E-state index is 13.9. The van der Waals surface area contributed by atoms with Crippen LogP contribution in [-0.4, -0.2) is 27.7 Å². The number of halogens is 2. The zero-order valence-electron chi connectivity index (χ0n) is 20.3. The molecule has 0 aliphatic heterocycles. The van der Waals surface area contributed by atoms with Crippen molar-refractivity contribution in [2.75, 3.05) is 5.73 Å². The summed E-state index contributed by atoms with van der Waals surface area (Å²) >= 11 is 0. The van der Waals surface area contributed by atoms with Gasteiger partial charge < -0.3 is 11.1 Å². The van der Waals surface area contributed by atoms with Crippen molar-refractivity contribution in [3.8, 4) is 0 Å². The van der Waals surface area contributed by atoms with Crippen LogP contribution in [0.5, 0.6) is 0 Å². The van der Waals surface area contributed by atoms with Crippen molar-refractivity contribution in [2.24, 2.45) is 0 Å². The van der Waals surface area contributed by atoms with E-state index in [4.69, 9.17) is 5.73 Å².